The second kappa shape index (κ2) is 6.41. The molecule has 0 radical (unpaired) electrons. The van der Waals surface area contributed by atoms with Crippen LogP contribution in [0.3, 0.4) is 0 Å². The van der Waals surface area contributed by atoms with E-state index < -0.39 is 23.6 Å². The minimum Gasteiger partial charge on any atom is -0.481 e. The molecule has 94 valence electrons. The van der Waals surface area contributed by atoms with Gasteiger partial charge in [-0.05, 0) is 21.1 Å². The third-order valence-electron chi connectivity index (χ3n) is 2.60. The van der Waals surface area contributed by atoms with Crippen molar-refractivity contribution in [2.24, 2.45) is 0 Å². The van der Waals surface area contributed by atoms with Crippen molar-refractivity contribution in [2.75, 3.05) is 21.1 Å². The highest BCUT2D eigenvalue weighted by atomic mass is 16.4. The van der Waals surface area contributed by atoms with E-state index in [0.717, 1.165) is 0 Å². The Labute approximate surface area is 94.2 Å². The molecule has 1 atom stereocenters. The number of hydrogen-bond acceptors (Lipinski definition) is 5. The normalized spacial score (nSPS) is 13.4. The molecule has 0 rings (SSSR count). The van der Waals surface area contributed by atoms with Crippen LogP contribution in [0.4, 0.5) is 0 Å². The molecule has 5 N–H and O–H groups in total. The highest BCUT2D eigenvalue weighted by molar-refractivity contribution is 5.78. The lowest BCUT2D eigenvalue weighted by atomic mass is 9.98. The van der Waals surface area contributed by atoms with Crippen LogP contribution < -0.4 is 16.0 Å². The monoisotopic (exact) mass is 233 g/mol. The Morgan fingerprint density at radius 1 is 1.19 bits per heavy atom. The molecule has 0 aromatic carbocycles. The molecule has 0 fully saturated rings. The van der Waals surface area contributed by atoms with Crippen molar-refractivity contribution in [1.29, 1.82) is 0 Å². The number of rotatable bonds is 8. The lowest BCUT2D eigenvalue weighted by Crippen LogP contribution is -2.62. The minimum atomic E-state index is -1.32. The summed E-state index contributed by atoms with van der Waals surface area (Å²) in [5.41, 5.74) is -1.32. The number of carboxylic acid groups (broad SMARTS) is 2. The molecule has 0 aliphatic carbocycles. The Kier molecular flexibility index (Phi) is 5.94. The van der Waals surface area contributed by atoms with E-state index in [2.05, 4.69) is 16.0 Å². The summed E-state index contributed by atoms with van der Waals surface area (Å²) in [7, 11) is 4.63. The van der Waals surface area contributed by atoms with E-state index in [1.54, 1.807) is 7.05 Å². The first-order chi connectivity index (χ1) is 7.41. The van der Waals surface area contributed by atoms with Crippen LogP contribution in [0.5, 0.6) is 0 Å². The van der Waals surface area contributed by atoms with E-state index in [1.807, 2.05) is 0 Å². The number of nitrogens with one attached hydrogen (secondary N) is 3. The van der Waals surface area contributed by atoms with Crippen molar-refractivity contribution in [2.45, 2.75) is 24.5 Å². The molecule has 0 aliphatic rings. The lowest BCUT2D eigenvalue weighted by molar-refractivity contribution is -0.147. The molecule has 0 aromatic rings. The second-order valence-corrected chi connectivity index (χ2v) is 3.50. The van der Waals surface area contributed by atoms with Crippen LogP contribution in [0.1, 0.15) is 12.8 Å². The van der Waals surface area contributed by atoms with Crippen molar-refractivity contribution < 1.29 is 19.8 Å². The molecule has 7 heteroatoms. The van der Waals surface area contributed by atoms with Crippen molar-refractivity contribution in [1.82, 2.24) is 16.0 Å². The van der Waals surface area contributed by atoms with Crippen molar-refractivity contribution >= 4 is 11.9 Å². The van der Waals surface area contributed by atoms with Gasteiger partial charge in [-0.15, -0.1) is 0 Å². The fourth-order valence-corrected chi connectivity index (χ4v) is 1.49. The highest BCUT2D eigenvalue weighted by Crippen LogP contribution is 2.11. The van der Waals surface area contributed by atoms with Crippen LogP contribution in [0.25, 0.3) is 0 Å². The molecule has 16 heavy (non-hydrogen) atoms. The van der Waals surface area contributed by atoms with Crippen LogP contribution in [-0.2, 0) is 9.59 Å². The first-order valence-corrected chi connectivity index (χ1v) is 4.92. The van der Waals surface area contributed by atoms with Crippen LogP contribution in [0.15, 0.2) is 0 Å². The number of aliphatic carboxylic acids is 2. The zero-order valence-electron chi connectivity index (χ0n) is 9.70. The van der Waals surface area contributed by atoms with Crippen LogP contribution in [-0.4, -0.2) is 55.0 Å². The third-order valence-corrected chi connectivity index (χ3v) is 2.60. The van der Waals surface area contributed by atoms with Crippen molar-refractivity contribution in [3.63, 3.8) is 0 Å². The van der Waals surface area contributed by atoms with E-state index in [1.165, 1.54) is 14.1 Å². The molecular weight excluding hydrogens is 214 g/mol. The van der Waals surface area contributed by atoms with Gasteiger partial charge in [0.15, 0.2) is 5.66 Å². The van der Waals surface area contributed by atoms with E-state index in [0.29, 0.717) is 0 Å². The predicted molar refractivity (Wildman–Crippen MR) is 58.2 cm³/mol. The zero-order chi connectivity index (χ0) is 12.8. The summed E-state index contributed by atoms with van der Waals surface area (Å²) in [5.74, 6) is -2.03. The number of likely N-dealkylation sites (N-methyl/N-ethyl adjacent to an activating group) is 2. The second-order valence-electron chi connectivity index (χ2n) is 3.50. The van der Waals surface area contributed by atoms with Gasteiger partial charge in [-0.1, -0.05) is 0 Å². The van der Waals surface area contributed by atoms with Crippen molar-refractivity contribution in [3.05, 3.63) is 0 Å². The average molecular weight is 233 g/mol. The summed E-state index contributed by atoms with van der Waals surface area (Å²) in [5, 5.41) is 25.9. The van der Waals surface area contributed by atoms with Gasteiger partial charge in [0, 0.05) is 12.5 Å². The molecular formula is C9H19N3O4. The molecule has 0 heterocycles. The molecule has 0 spiro atoms. The summed E-state index contributed by atoms with van der Waals surface area (Å²) < 4.78 is 0. The van der Waals surface area contributed by atoms with Gasteiger partial charge in [0.05, 0.1) is 6.42 Å². The lowest BCUT2D eigenvalue weighted by Gasteiger charge is -2.31. The Balaban J connectivity index is 4.70. The number of carboxylic acids is 2. The summed E-state index contributed by atoms with van der Waals surface area (Å²) in [4.78, 5) is 21.7. The van der Waals surface area contributed by atoms with Gasteiger partial charge in [-0.3, -0.25) is 15.4 Å². The van der Waals surface area contributed by atoms with Crippen molar-refractivity contribution in [3.8, 4) is 0 Å². The van der Waals surface area contributed by atoms with Crippen LogP contribution in [0.2, 0.25) is 0 Å². The molecule has 0 amide bonds. The smallest absolute Gasteiger partial charge is 0.338 e. The van der Waals surface area contributed by atoms with Gasteiger partial charge in [0.25, 0.3) is 0 Å². The summed E-state index contributed by atoms with van der Waals surface area (Å²) in [6, 6.07) is -0.423. The van der Waals surface area contributed by atoms with E-state index in [-0.39, 0.29) is 12.8 Å². The van der Waals surface area contributed by atoms with E-state index in [4.69, 9.17) is 10.2 Å². The highest BCUT2D eigenvalue weighted by Gasteiger charge is 2.37. The fourth-order valence-electron chi connectivity index (χ4n) is 1.49. The van der Waals surface area contributed by atoms with Gasteiger partial charge in [-0.2, -0.15) is 0 Å². The minimum absolute atomic E-state index is 0.123. The number of carbonyl (C=O) groups is 2. The SMILES string of the molecule is CNC(CC(=O)O)CC(NC)(NC)C(=O)O. The molecule has 0 aliphatic heterocycles. The third kappa shape index (κ3) is 3.76. The van der Waals surface area contributed by atoms with Crippen LogP contribution in [0, 0.1) is 0 Å². The molecule has 0 saturated heterocycles. The summed E-state index contributed by atoms with van der Waals surface area (Å²) >= 11 is 0. The molecule has 1 unspecified atom stereocenters. The maximum absolute atomic E-state index is 11.1. The largest absolute Gasteiger partial charge is 0.481 e. The zero-order valence-corrected chi connectivity index (χ0v) is 9.70. The van der Waals surface area contributed by atoms with E-state index in [9.17, 15) is 9.59 Å². The molecule has 0 aromatic heterocycles. The van der Waals surface area contributed by atoms with Gasteiger partial charge in [0.2, 0.25) is 0 Å². The first-order valence-electron chi connectivity index (χ1n) is 4.92. The predicted octanol–water partition coefficient (Wildman–Crippen LogP) is -1.34. The van der Waals surface area contributed by atoms with Gasteiger partial charge in [0.1, 0.15) is 0 Å². The Hall–Kier alpha value is -1.18. The quantitative estimate of drug-likeness (QED) is 0.330. The fraction of sp³-hybridized carbons (Fsp3) is 0.778. The van der Waals surface area contributed by atoms with Gasteiger partial charge < -0.3 is 15.5 Å². The average Bonchev–Trinajstić information content (AvgIpc) is 2.23. The Morgan fingerprint density at radius 3 is 1.94 bits per heavy atom. The Bertz CT molecular complexity index is 253. The Morgan fingerprint density at radius 2 is 1.69 bits per heavy atom. The topological polar surface area (TPSA) is 111 Å². The number of hydrogen-bond donors (Lipinski definition) is 5. The summed E-state index contributed by atoms with van der Waals surface area (Å²) in [6.07, 6.45) is -0.00692. The van der Waals surface area contributed by atoms with Crippen LogP contribution >= 0.6 is 0 Å². The first kappa shape index (κ1) is 14.8. The van der Waals surface area contributed by atoms with Gasteiger partial charge in [-0.25, -0.2) is 4.79 Å². The molecule has 7 nitrogen and oxygen atoms in total. The molecule has 0 saturated carbocycles. The molecule has 0 bridgehead atoms. The maximum atomic E-state index is 11.1. The standard InChI is InChI=1S/C9H19N3O4/c1-10-6(4-7(13)14)5-9(11-2,12-3)8(15)16/h6,10-12H,4-5H2,1-3H3,(H,13,14)(H,15,16). The maximum Gasteiger partial charge on any atom is 0.338 e. The van der Waals surface area contributed by atoms with E-state index >= 15 is 0 Å². The summed E-state index contributed by atoms with van der Waals surface area (Å²) in [6.45, 7) is 0. The van der Waals surface area contributed by atoms with Gasteiger partial charge >= 0.3 is 11.9 Å².